The Kier molecular flexibility index (Phi) is 5.89. The van der Waals surface area contributed by atoms with Gasteiger partial charge in [-0.25, -0.2) is 12.8 Å². The third-order valence-electron chi connectivity index (χ3n) is 5.42. The second kappa shape index (κ2) is 8.41. The molecular formula is C20H22FN3O3S2. The van der Waals surface area contributed by atoms with Crippen molar-refractivity contribution in [3.63, 3.8) is 0 Å². The van der Waals surface area contributed by atoms with Crippen molar-refractivity contribution in [2.75, 3.05) is 18.8 Å². The lowest BCUT2D eigenvalue weighted by molar-refractivity contribution is -0.126. The van der Waals surface area contributed by atoms with Crippen LogP contribution in [0.15, 0.2) is 52.5 Å². The van der Waals surface area contributed by atoms with Gasteiger partial charge in [-0.15, -0.1) is 11.8 Å². The summed E-state index contributed by atoms with van der Waals surface area (Å²) < 4.78 is 40.5. The first kappa shape index (κ1) is 20.3. The highest BCUT2D eigenvalue weighted by molar-refractivity contribution is 7.99. The van der Waals surface area contributed by atoms with E-state index in [0.29, 0.717) is 25.9 Å². The first-order valence-electron chi connectivity index (χ1n) is 9.58. The molecule has 0 aliphatic carbocycles. The predicted molar refractivity (Wildman–Crippen MR) is 108 cm³/mol. The van der Waals surface area contributed by atoms with Gasteiger partial charge in [0.1, 0.15) is 10.7 Å². The second-order valence-corrected chi connectivity index (χ2v) is 10.3. The summed E-state index contributed by atoms with van der Waals surface area (Å²) in [6, 6.07) is 7.61. The van der Waals surface area contributed by atoms with Crippen molar-refractivity contribution in [2.24, 2.45) is 5.92 Å². The quantitative estimate of drug-likeness (QED) is 0.799. The number of piperidine rings is 1. The number of nitrogens with one attached hydrogen (secondary N) is 1. The fourth-order valence-electron chi connectivity index (χ4n) is 3.81. The number of hydrogen-bond acceptors (Lipinski definition) is 5. The molecule has 29 heavy (non-hydrogen) atoms. The summed E-state index contributed by atoms with van der Waals surface area (Å²) in [6.07, 6.45) is 4.54. The minimum atomic E-state index is -3.59. The lowest BCUT2D eigenvalue weighted by Crippen LogP contribution is -2.44. The standard InChI is InChI=1S/C20H22FN3O3S2/c21-15-3-4-19-17(12-15)18(7-11-28-19)23-20(25)14-5-9-24(10-6-14)29(26,27)16-2-1-8-22-13-16/h1-4,8,12-14,18H,5-7,9-11H2,(H,23,25). The number of thioether (sulfide) groups is 1. The van der Waals surface area contributed by atoms with Crippen molar-refractivity contribution < 1.29 is 17.6 Å². The molecule has 1 amide bonds. The SMILES string of the molecule is O=C(NC1CCSc2ccc(F)cc21)C1CCN(S(=O)(=O)c2cccnc2)CC1. The zero-order valence-electron chi connectivity index (χ0n) is 15.8. The van der Waals surface area contributed by atoms with Crippen molar-refractivity contribution in [1.82, 2.24) is 14.6 Å². The van der Waals surface area contributed by atoms with Crippen molar-refractivity contribution >= 4 is 27.7 Å². The Labute approximate surface area is 174 Å². The van der Waals surface area contributed by atoms with Gasteiger partial charge in [-0.05, 0) is 55.2 Å². The van der Waals surface area contributed by atoms with Gasteiger partial charge < -0.3 is 5.32 Å². The average molecular weight is 436 g/mol. The molecule has 1 aromatic heterocycles. The van der Waals surface area contributed by atoms with E-state index in [1.807, 2.05) is 0 Å². The van der Waals surface area contributed by atoms with Crippen LogP contribution in [0.1, 0.15) is 30.9 Å². The fraction of sp³-hybridized carbons (Fsp3) is 0.400. The third-order valence-corrected chi connectivity index (χ3v) is 8.43. The molecule has 1 aromatic carbocycles. The molecule has 0 bridgehead atoms. The molecule has 2 aliphatic rings. The van der Waals surface area contributed by atoms with E-state index in [2.05, 4.69) is 10.3 Å². The molecule has 4 rings (SSSR count). The Balaban J connectivity index is 1.39. The maximum absolute atomic E-state index is 13.7. The third kappa shape index (κ3) is 4.31. The van der Waals surface area contributed by atoms with Gasteiger partial charge in [-0.3, -0.25) is 9.78 Å². The zero-order chi connectivity index (χ0) is 20.4. The Hall–Kier alpha value is -1.97. The van der Waals surface area contributed by atoms with Gasteiger partial charge in [0, 0.05) is 42.0 Å². The normalized spacial score (nSPS) is 20.8. The first-order valence-corrected chi connectivity index (χ1v) is 12.0. The molecule has 1 saturated heterocycles. The highest BCUT2D eigenvalue weighted by atomic mass is 32.2. The molecule has 2 aliphatic heterocycles. The molecule has 1 atom stereocenters. The van der Waals surface area contributed by atoms with Crippen LogP contribution in [0.2, 0.25) is 0 Å². The minimum Gasteiger partial charge on any atom is -0.349 e. The average Bonchev–Trinajstić information content (AvgIpc) is 2.75. The van der Waals surface area contributed by atoms with Crippen molar-refractivity contribution in [2.45, 2.75) is 35.1 Å². The van der Waals surface area contributed by atoms with E-state index in [4.69, 9.17) is 0 Å². The number of carbonyl (C=O) groups is 1. The van der Waals surface area contributed by atoms with Crippen molar-refractivity contribution in [3.8, 4) is 0 Å². The summed E-state index contributed by atoms with van der Waals surface area (Å²) in [6.45, 7) is 0.585. The first-order chi connectivity index (χ1) is 13.9. The van der Waals surface area contributed by atoms with Gasteiger partial charge in [0.2, 0.25) is 15.9 Å². The Morgan fingerprint density at radius 1 is 1.21 bits per heavy atom. The Bertz CT molecular complexity index is 993. The number of pyridine rings is 1. The molecule has 154 valence electrons. The maximum atomic E-state index is 13.7. The molecule has 2 aromatic rings. The Morgan fingerprint density at radius 2 is 2.00 bits per heavy atom. The van der Waals surface area contributed by atoms with E-state index in [9.17, 15) is 17.6 Å². The van der Waals surface area contributed by atoms with Gasteiger partial charge in [0.25, 0.3) is 0 Å². The van der Waals surface area contributed by atoms with Crippen molar-refractivity contribution in [3.05, 3.63) is 54.1 Å². The predicted octanol–water partition coefficient (Wildman–Crippen LogP) is 2.97. The number of sulfonamides is 1. The summed E-state index contributed by atoms with van der Waals surface area (Å²) >= 11 is 1.67. The molecule has 0 saturated carbocycles. The lowest BCUT2D eigenvalue weighted by atomic mass is 9.95. The monoisotopic (exact) mass is 435 g/mol. The molecule has 1 fully saturated rings. The number of carbonyl (C=O) groups excluding carboxylic acids is 1. The molecule has 6 nitrogen and oxygen atoms in total. The fourth-order valence-corrected chi connectivity index (χ4v) is 6.35. The van der Waals surface area contributed by atoms with E-state index >= 15 is 0 Å². The highest BCUT2D eigenvalue weighted by Gasteiger charge is 2.33. The smallest absolute Gasteiger partial charge is 0.244 e. The van der Waals surface area contributed by atoms with Crippen LogP contribution in [0.5, 0.6) is 0 Å². The molecule has 1 N–H and O–H groups in total. The summed E-state index contributed by atoms with van der Waals surface area (Å²) in [5.41, 5.74) is 0.825. The van der Waals surface area contributed by atoms with Gasteiger partial charge in [0.05, 0.1) is 6.04 Å². The molecule has 0 radical (unpaired) electrons. The van der Waals surface area contributed by atoms with Crippen LogP contribution in [-0.2, 0) is 14.8 Å². The van der Waals surface area contributed by atoms with Gasteiger partial charge in [-0.1, -0.05) is 0 Å². The number of halogens is 1. The number of nitrogens with zero attached hydrogens (tertiary/aromatic N) is 2. The maximum Gasteiger partial charge on any atom is 0.244 e. The number of rotatable bonds is 4. The summed E-state index contributed by atoms with van der Waals surface area (Å²) in [5.74, 6) is 0.225. The summed E-state index contributed by atoms with van der Waals surface area (Å²) in [5, 5.41) is 3.06. The molecule has 3 heterocycles. The number of hydrogen-bond donors (Lipinski definition) is 1. The number of amides is 1. The van der Waals surface area contributed by atoms with Crippen LogP contribution in [0.4, 0.5) is 4.39 Å². The topological polar surface area (TPSA) is 79.4 Å². The second-order valence-electron chi connectivity index (χ2n) is 7.25. The largest absolute Gasteiger partial charge is 0.349 e. The zero-order valence-corrected chi connectivity index (χ0v) is 17.4. The van der Waals surface area contributed by atoms with Crippen LogP contribution in [0, 0.1) is 11.7 Å². The summed E-state index contributed by atoms with van der Waals surface area (Å²) in [4.78, 5) is 17.8. The van der Waals surface area contributed by atoms with E-state index in [1.54, 1.807) is 23.9 Å². The van der Waals surface area contributed by atoms with E-state index < -0.39 is 10.0 Å². The molecule has 0 spiro atoms. The van der Waals surface area contributed by atoms with Crippen LogP contribution >= 0.6 is 11.8 Å². The molecule has 1 unspecified atom stereocenters. The van der Waals surface area contributed by atoms with Crippen LogP contribution in [0.25, 0.3) is 0 Å². The van der Waals surface area contributed by atoms with Gasteiger partial charge in [-0.2, -0.15) is 4.31 Å². The van der Waals surface area contributed by atoms with Crippen LogP contribution in [0.3, 0.4) is 0 Å². The lowest BCUT2D eigenvalue weighted by Gasteiger charge is -2.32. The van der Waals surface area contributed by atoms with E-state index in [1.165, 1.54) is 34.9 Å². The van der Waals surface area contributed by atoms with Gasteiger partial charge >= 0.3 is 0 Å². The van der Waals surface area contributed by atoms with Crippen LogP contribution < -0.4 is 5.32 Å². The molecule has 9 heteroatoms. The van der Waals surface area contributed by atoms with Gasteiger partial charge in [0.15, 0.2) is 0 Å². The van der Waals surface area contributed by atoms with Crippen LogP contribution in [-0.4, -0.2) is 42.5 Å². The minimum absolute atomic E-state index is 0.0875. The summed E-state index contributed by atoms with van der Waals surface area (Å²) in [7, 11) is -3.59. The highest BCUT2D eigenvalue weighted by Crippen LogP contribution is 2.37. The Morgan fingerprint density at radius 3 is 2.72 bits per heavy atom. The number of aromatic nitrogens is 1. The van der Waals surface area contributed by atoms with E-state index in [0.717, 1.165) is 22.6 Å². The van der Waals surface area contributed by atoms with E-state index in [-0.39, 0.29) is 28.6 Å². The van der Waals surface area contributed by atoms with Crippen molar-refractivity contribution in [1.29, 1.82) is 0 Å². The number of benzene rings is 1. The number of fused-ring (bicyclic) bond motifs is 1. The molecular weight excluding hydrogens is 413 g/mol.